The molecule has 0 radical (unpaired) electrons. The minimum Gasteiger partial charge on any atom is -0.432 e. The standard InChI is InChI=1S/C15H33NO5SSi/c1-23(2,21)14-10-8-6-4-3-5-7-9-11-15(17)16-12-13-22(18,19)20/h21H,3-14H2,1-2H3,(H,16,17)(H,18,19,20). The first-order valence-corrected chi connectivity index (χ1v) is 13.3. The molecule has 0 atom stereocenters. The number of rotatable bonds is 14. The third kappa shape index (κ3) is 19.5. The predicted octanol–water partition coefficient (Wildman–Crippen LogP) is 2.70. The topological polar surface area (TPSA) is 104 Å². The predicted molar refractivity (Wildman–Crippen MR) is 95.5 cm³/mol. The molecule has 138 valence electrons. The van der Waals surface area contributed by atoms with Crippen molar-refractivity contribution in [1.29, 1.82) is 0 Å². The van der Waals surface area contributed by atoms with Crippen molar-refractivity contribution in [3.63, 3.8) is 0 Å². The first-order valence-electron chi connectivity index (χ1n) is 8.54. The third-order valence-electron chi connectivity index (χ3n) is 3.62. The van der Waals surface area contributed by atoms with E-state index in [0.717, 1.165) is 31.7 Å². The summed E-state index contributed by atoms with van der Waals surface area (Å²) in [5, 5.41) is 2.48. The molecule has 0 fully saturated rings. The molecule has 0 aliphatic heterocycles. The smallest absolute Gasteiger partial charge is 0.266 e. The normalized spacial score (nSPS) is 12.3. The van der Waals surface area contributed by atoms with Crippen molar-refractivity contribution in [2.75, 3.05) is 12.3 Å². The van der Waals surface area contributed by atoms with E-state index in [0.29, 0.717) is 6.42 Å². The fourth-order valence-electron chi connectivity index (χ4n) is 2.31. The Morgan fingerprint density at radius 1 is 0.957 bits per heavy atom. The van der Waals surface area contributed by atoms with Crippen LogP contribution < -0.4 is 5.32 Å². The molecule has 0 heterocycles. The molecule has 3 N–H and O–H groups in total. The molecule has 0 aromatic carbocycles. The van der Waals surface area contributed by atoms with Gasteiger partial charge in [-0.25, -0.2) is 0 Å². The van der Waals surface area contributed by atoms with E-state index in [1.807, 2.05) is 13.1 Å². The van der Waals surface area contributed by atoms with Gasteiger partial charge < -0.3 is 10.1 Å². The van der Waals surface area contributed by atoms with Crippen LogP contribution in [-0.2, 0) is 14.9 Å². The van der Waals surface area contributed by atoms with Crippen molar-refractivity contribution >= 4 is 24.3 Å². The Hall–Kier alpha value is -0.443. The summed E-state index contributed by atoms with van der Waals surface area (Å²) < 4.78 is 29.5. The quantitative estimate of drug-likeness (QED) is 0.249. The van der Waals surface area contributed by atoms with E-state index in [-0.39, 0.29) is 12.5 Å². The molecule has 8 heteroatoms. The Kier molecular flexibility index (Phi) is 11.8. The van der Waals surface area contributed by atoms with Gasteiger partial charge in [-0.2, -0.15) is 8.42 Å². The number of nitrogens with one attached hydrogen (secondary N) is 1. The van der Waals surface area contributed by atoms with Gasteiger partial charge in [-0.1, -0.05) is 44.9 Å². The Labute approximate surface area is 141 Å². The van der Waals surface area contributed by atoms with Crippen LogP contribution in [0, 0.1) is 0 Å². The van der Waals surface area contributed by atoms with Crippen LogP contribution in [0.2, 0.25) is 19.1 Å². The largest absolute Gasteiger partial charge is 0.432 e. The Morgan fingerprint density at radius 3 is 1.91 bits per heavy atom. The SMILES string of the molecule is C[Si](C)(O)CCCCCCCCCCC(=O)NCCS(=O)(=O)O. The summed E-state index contributed by atoms with van der Waals surface area (Å²) in [6.45, 7) is 3.92. The summed E-state index contributed by atoms with van der Waals surface area (Å²) in [6.07, 6.45) is 9.22. The summed E-state index contributed by atoms with van der Waals surface area (Å²) >= 11 is 0. The van der Waals surface area contributed by atoms with Crippen molar-refractivity contribution in [2.45, 2.75) is 76.9 Å². The molecule has 1 amide bonds. The molecule has 6 nitrogen and oxygen atoms in total. The maximum Gasteiger partial charge on any atom is 0.266 e. The molecule has 0 aromatic rings. The van der Waals surface area contributed by atoms with Crippen LogP contribution in [0.1, 0.15) is 57.8 Å². The molecule has 0 spiro atoms. The highest BCUT2D eigenvalue weighted by molar-refractivity contribution is 7.85. The second-order valence-electron chi connectivity index (χ2n) is 6.78. The number of unbranched alkanes of at least 4 members (excludes halogenated alkanes) is 7. The van der Waals surface area contributed by atoms with Crippen LogP contribution in [0.4, 0.5) is 0 Å². The Morgan fingerprint density at radius 2 is 1.43 bits per heavy atom. The second-order valence-corrected chi connectivity index (χ2v) is 12.5. The molecule has 0 rings (SSSR count). The number of amides is 1. The third-order valence-corrected chi connectivity index (χ3v) is 5.92. The van der Waals surface area contributed by atoms with Gasteiger partial charge in [-0.3, -0.25) is 9.35 Å². The lowest BCUT2D eigenvalue weighted by molar-refractivity contribution is -0.121. The molecule has 0 bridgehead atoms. The molecule has 0 aliphatic rings. The lowest BCUT2D eigenvalue weighted by Gasteiger charge is -2.12. The van der Waals surface area contributed by atoms with Crippen LogP contribution in [0.5, 0.6) is 0 Å². The fraction of sp³-hybridized carbons (Fsp3) is 0.933. The van der Waals surface area contributed by atoms with Gasteiger partial charge in [0.15, 0.2) is 8.32 Å². The van der Waals surface area contributed by atoms with E-state index in [4.69, 9.17) is 4.55 Å². The molecule has 0 aromatic heterocycles. The number of carbonyl (C=O) groups is 1. The van der Waals surface area contributed by atoms with E-state index in [2.05, 4.69) is 5.32 Å². The van der Waals surface area contributed by atoms with E-state index in [1.54, 1.807) is 0 Å². The maximum absolute atomic E-state index is 11.4. The Bertz CT molecular complexity index is 420. The van der Waals surface area contributed by atoms with Crippen LogP contribution >= 0.6 is 0 Å². The van der Waals surface area contributed by atoms with Crippen molar-refractivity contribution in [1.82, 2.24) is 5.32 Å². The van der Waals surface area contributed by atoms with Crippen LogP contribution in [0.25, 0.3) is 0 Å². The van der Waals surface area contributed by atoms with E-state index < -0.39 is 24.2 Å². The monoisotopic (exact) mass is 367 g/mol. The van der Waals surface area contributed by atoms with Gasteiger partial charge in [0.25, 0.3) is 10.1 Å². The zero-order chi connectivity index (χ0) is 17.8. The number of hydrogen-bond donors (Lipinski definition) is 3. The maximum atomic E-state index is 11.4. The first kappa shape index (κ1) is 22.6. The summed E-state index contributed by atoms with van der Waals surface area (Å²) in [5.74, 6) is -0.598. The van der Waals surface area contributed by atoms with Crippen molar-refractivity contribution in [3.8, 4) is 0 Å². The lowest BCUT2D eigenvalue weighted by atomic mass is 10.1. The van der Waals surface area contributed by atoms with Crippen LogP contribution in [-0.4, -0.2) is 44.3 Å². The first-order chi connectivity index (χ1) is 10.6. The van der Waals surface area contributed by atoms with Gasteiger partial charge in [0.05, 0.1) is 5.75 Å². The molecule has 23 heavy (non-hydrogen) atoms. The zero-order valence-electron chi connectivity index (χ0n) is 14.5. The van der Waals surface area contributed by atoms with Gasteiger partial charge in [0.2, 0.25) is 5.91 Å². The lowest BCUT2D eigenvalue weighted by Crippen LogP contribution is -2.28. The molecule has 0 saturated carbocycles. The number of carbonyl (C=O) groups excluding carboxylic acids is 1. The van der Waals surface area contributed by atoms with E-state index in [1.165, 1.54) is 25.7 Å². The fourth-order valence-corrected chi connectivity index (χ4v) is 3.79. The summed E-state index contributed by atoms with van der Waals surface area (Å²) in [6, 6.07) is 0.986. The van der Waals surface area contributed by atoms with Crippen LogP contribution in [0.3, 0.4) is 0 Å². The van der Waals surface area contributed by atoms with Crippen molar-refractivity contribution in [2.24, 2.45) is 0 Å². The molecular weight excluding hydrogens is 334 g/mol. The van der Waals surface area contributed by atoms with Crippen LogP contribution in [0.15, 0.2) is 0 Å². The highest BCUT2D eigenvalue weighted by Crippen LogP contribution is 2.14. The Balaban J connectivity index is 3.31. The summed E-state index contributed by atoms with van der Waals surface area (Å²) in [5.41, 5.74) is 0. The van der Waals surface area contributed by atoms with Gasteiger partial charge >= 0.3 is 0 Å². The summed E-state index contributed by atoms with van der Waals surface area (Å²) in [4.78, 5) is 21.1. The molecular formula is C15H33NO5SSi. The second kappa shape index (κ2) is 12.0. The average Bonchev–Trinajstić information content (AvgIpc) is 2.38. The van der Waals surface area contributed by atoms with Gasteiger partial charge in [-0.15, -0.1) is 0 Å². The van der Waals surface area contributed by atoms with Gasteiger partial charge in [0.1, 0.15) is 0 Å². The highest BCUT2D eigenvalue weighted by Gasteiger charge is 2.15. The van der Waals surface area contributed by atoms with E-state index >= 15 is 0 Å². The van der Waals surface area contributed by atoms with Crippen molar-refractivity contribution in [3.05, 3.63) is 0 Å². The van der Waals surface area contributed by atoms with Gasteiger partial charge in [0, 0.05) is 13.0 Å². The highest BCUT2D eigenvalue weighted by atomic mass is 32.2. The van der Waals surface area contributed by atoms with Crippen molar-refractivity contribution < 1.29 is 22.6 Å². The van der Waals surface area contributed by atoms with E-state index in [9.17, 15) is 18.0 Å². The zero-order valence-corrected chi connectivity index (χ0v) is 16.3. The number of hydrogen-bond acceptors (Lipinski definition) is 4. The molecule has 0 saturated heterocycles. The summed E-state index contributed by atoms with van der Waals surface area (Å²) in [7, 11) is -5.86. The van der Waals surface area contributed by atoms with Gasteiger partial charge in [-0.05, 0) is 25.6 Å². The molecule has 0 aliphatic carbocycles. The minimum atomic E-state index is -4.00. The average molecular weight is 368 g/mol. The minimum absolute atomic E-state index is 0.0365. The molecule has 0 unspecified atom stereocenters.